The number of anilines is 2. The Balaban J connectivity index is 1.79. The lowest BCUT2D eigenvalue weighted by Crippen LogP contribution is -2.21. The van der Waals surface area contributed by atoms with Crippen molar-refractivity contribution >= 4 is 23.7 Å². The Labute approximate surface area is 118 Å². The molecule has 2 fully saturated rings. The van der Waals surface area contributed by atoms with Gasteiger partial charge in [0.05, 0.1) is 0 Å². The lowest BCUT2D eigenvalue weighted by molar-refractivity contribution is 0.821. The molecule has 1 saturated carbocycles. The van der Waals surface area contributed by atoms with Crippen LogP contribution in [0.1, 0.15) is 38.5 Å². The van der Waals surface area contributed by atoms with Crippen LogP contribution >= 0.6 is 11.8 Å². The normalized spacial score (nSPS) is 20.2. The molecule has 0 unspecified atom stereocenters. The molecule has 104 valence electrons. The van der Waals surface area contributed by atoms with Gasteiger partial charge in [0.2, 0.25) is 11.9 Å². The topological polar surface area (TPSA) is 53.9 Å². The summed E-state index contributed by atoms with van der Waals surface area (Å²) in [6, 6.07) is 0. The lowest BCUT2D eigenvalue weighted by atomic mass is 10.4. The minimum absolute atomic E-state index is 0.692. The second-order valence-corrected chi connectivity index (χ2v) is 6.48. The van der Waals surface area contributed by atoms with Gasteiger partial charge in [0.25, 0.3) is 0 Å². The highest BCUT2D eigenvalue weighted by Gasteiger charge is 2.21. The molecule has 1 aliphatic heterocycles. The van der Waals surface area contributed by atoms with Crippen LogP contribution in [0.15, 0.2) is 5.16 Å². The minimum atomic E-state index is 0.692. The number of aromatic nitrogens is 3. The summed E-state index contributed by atoms with van der Waals surface area (Å²) >= 11 is 1.82. The van der Waals surface area contributed by atoms with Crippen molar-refractivity contribution in [3.8, 4) is 0 Å². The van der Waals surface area contributed by atoms with E-state index in [2.05, 4.69) is 25.2 Å². The summed E-state index contributed by atoms with van der Waals surface area (Å²) < 4.78 is 0. The van der Waals surface area contributed by atoms with Crippen LogP contribution in [0.5, 0.6) is 0 Å². The number of rotatable bonds is 4. The summed E-state index contributed by atoms with van der Waals surface area (Å²) in [5.41, 5.74) is 0. The van der Waals surface area contributed by atoms with E-state index >= 15 is 0 Å². The summed E-state index contributed by atoms with van der Waals surface area (Å²) in [6.45, 7) is 2.14. The Bertz CT molecular complexity index is 427. The Morgan fingerprint density at radius 1 is 1.05 bits per heavy atom. The van der Waals surface area contributed by atoms with Crippen LogP contribution in [0.4, 0.5) is 11.9 Å². The number of hydrogen-bond donors (Lipinski definition) is 1. The van der Waals surface area contributed by atoms with Gasteiger partial charge in [-0.25, -0.2) is 0 Å². The monoisotopic (exact) mass is 279 g/mol. The van der Waals surface area contributed by atoms with Gasteiger partial charge in [0.1, 0.15) is 0 Å². The maximum Gasteiger partial charge on any atom is 0.231 e. The number of hydrogen-bond acceptors (Lipinski definition) is 6. The molecule has 5 nitrogen and oxygen atoms in total. The molecule has 6 heteroatoms. The van der Waals surface area contributed by atoms with Crippen LogP contribution in [-0.2, 0) is 0 Å². The molecule has 2 aliphatic rings. The van der Waals surface area contributed by atoms with Crippen molar-refractivity contribution in [2.75, 3.05) is 30.4 Å². The zero-order valence-corrected chi connectivity index (χ0v) is 12.2. The molecule has 1 saturated heterocycles. The average Bonchev–Trinajstić information content (AvgIpc) is 3.11. The lowest BCUT2D eigenvalue weighted by Gasteiger charge is -2.17. The molecule has 1 N–H and O–H groups in total. The molecule has 0 spiro atoms. The van der Waals surface area contributed by atoms with Gasteiger partial charge in [-0.15, -0.1) is 0 Å². The maximum absolute atomic E-state index is 4.65. The van der Waals surface area contributed by atoms with Crippen molar-refractivity contribution in [1.82, 2.24) is 15.0 Å². The Morgan fingerprint density at radius 2 is 1.79 bits per heavy atom. The molecule has 3 rings (SSSR count). The SMILES string of the molecule is CNc1nc(SC2CCCC2)nc(N2CCCC2)n1. The van der Waals surface area contributed by atoms with Crippen LogP contribution in [0.2, 0.25) is 0 Å². The van der Waals surface area contributed by atoms with Gasteiger partial charge in [0.15, 0.2) is 5.16 Å². The fourth-order valence-electron chi connectivity index (χ4n) is 2.72. The van der Waals surface area contributed by atoms with Gasteiger partial charge in [-0.1, -0.05) is 24.6 Å². The quantitative estimate of drug-likeness (QED) is 0.914. The molecule has 0 amide bonds. The third-order valence-electron chi connectivity index (χ3n) is 3.79. The third kappa shape index (κ3) is 3.11. The first-order valence-corrected chi connectivity index (χ1v) is 8.08. The zero-order chi connectivity index (χ0) is 13.1. The van der Waals surface area contributed by atoms with Gasteiger partial charge >= 0.3 is 0 Å². The van der Waals surface area contributed by atoms with E-state index in [0.29, 0.717) is 11.2 Å². The number of nitrogens with zero attached hydrogens (tertiary/aromatic N) is 4. The Morgan fingerprint density at radius 3 is 2.47 bits per heavy atom. The molecule has 0 atom stereocenters. The highest BCUT2D eigenvalue weighted by molar-refractivity contribution is 7.99. The minimum Gasteiger partial charge on any atom is -0.357 e. The molecule has 1 aromatic heterocycles. The van der Waals surface area contributed by atoms with Gasteiger partial charge in [-0.3, -0.25) is 0 Å². The van der Waals surface area contributed by atoms with E-state index in [9.17, 15) is 0 Å². The van der Waals surface area contributed by atoms with Gasteiger partial charge in [0, 0.05) is 25.4 Å². The second-order valence-electron chi connectivity index (χ2n) is 5.21. The van der Waals surface area contributed by atoms with E-state index < -0.39 is 0 Å². The summed E-state index contributed by atoms with van der Waals surface area (Å²) in [5, 5.41) is 4.63. The molecule has 19 heavy (non-hydrogen) atoms. The Hall–Kier alpha value is -1.04. The van der Waals surface area contributed by atoms with Crippen molar-refractivity contribution in [1.29, 1.82) is 0 Å². The summed E-state index contributed by atoms with van der Waals surface area (Å²) in [4.78, 5) is 15.9. The largest absolute Gasteiger partial charge is 0.357 e. The summed E-state index contributed by atoms with van der Waals surface area (Å²) in [7, 11) is 1.87. The Kier molecular flexibility index (Phi) is 4.06. The van der Waals surface area contributed by atoms with Crippen LogP contribution in [0.25, 0.3) is 0 Å². The molecule has 1 aliphatic carbocycles. The highest BCUT2D eigenvalue weighted by atomic mass is 32.2. The van der Waals surface area contributed by atoms with E-state index in [0.717, 1.165) is 24.2 Å². The van der Waals surface area contributed by atoms with E-state index in [4.69, 9.17) is 0 Å². The maximum atomic E-state index is 4.65. The zero-order valence-electron chi connectivity index (χ0n) is 11.4. The highest BCUT2D eigenvalue weighted by Crippen LogP contribution is 2.33. The smallest absolute Gasteiger partial charge is 0.231 e. The first-order valence-electron chi connectivity index (χ1n) is 7.20. The first kappa shape index (κ1) is 13.0. The fraction of sp³-hybridized carbons (Fsp3) is 0.769. The summed E-state index contributed by atoms with van der Waals surface area (Å²) in [6.07, 6.45) is 7.77. The van der Waals surface area contributed by atoms with Crippen LogP contribution < -0.4 is 10.2 Å². The average molecular weight is 279 g/mol. The van der Waals surface area contributed by atoms with E-state index in [1.807, 2.05) is 18.8 Å². The van der Waals surface area contributed by atoms with Gasteiger partial charge in [-0.05, 0) is 25.7 Å². The number of nitrogens with one attached hydrogen (secondary N) is 1. The molecule has 0 radical (unpaired) electrons. The molecule has 2 heterocycles. The van der Waals surface area contributed by atoms with Crippen LogP contribution in [0.3, 0.4) is 0 Å². The van der Waals surface area contributed by atoms with Crippen molar-refractivity contribution in [3.63, 3.8) is 0 Å². The van der Waals surface area contributed by atoms with E-state index in [-0.39, 0.29) is 0 Å². The van der Waals surface area contributed by atoms with E-state index in [1.54, 1.807) is 0 Å². The summed E-state index contributed by atoms with van der Waals surface area (Å²) in [5.74, 6) is 1.54. The fourth-order valence-corrected chi connectivity index (χ4v) is 3.86. The second kappa shape index (κ2) is 5.94. The van der Waals surface area contributed by atoms with Crippen molar-refractivity contribution in [2.45, 2.75) is 48.9 Å². The molecular formula is C13H21N5S. The molecular weight excluding hydrogens is 258 g/mol. The van der Waals surface area contributed by atoms with Crippen LogP contribution in [0, 0.1) is 0 Å². The van der Waals surface area contributed by atoms with Crippen molar-refractivity contribution < 1.29 is 0 Å². The predicted molar refractivity (Wildman–Crippen MR) is 78.9 cm³/mol. The van der Waals surface area contributed by atoms with Crippen LogP contribution in [-0.4, -0.2) is 40.3 Å². The van der Waals surface area contributed by atoms with Crippen molar-refractivity contribution in [3.05, 3.63) is 0 Å². The first-order chi connectivity index (χ1) is 9.35. The molecule has 0 bridgehead atoms. The van der Waals surface area contributed by atoms with Crippen molar-refractivity contribution in [2.24, 2.45) is 0 Å². The molecule has 1 aromatic rings. The van der Waals surface area contributed by atoms with Gasteiger partial charge < -0.3 is 10.2 Å². The van der Waals surface area contributed by atoms with Gasteiger partial charge in [-0.2, -0.15) is 15.0 Å². The molecule has 0 aromatic carbocycles. The third-order valence-corrected chi connectivity index (χ3v) is 4.99. The standard InChI is InChI=1S/C13H21N5S/c1-14-11-15-12(18-8-4-5-9-18)17-13(16-11)19-10-6-2-3-7-10/h10H,2-9H2,1H3,(H,14,15,16,17). The number of thioether (sulfide) groups is 1. The predicted octanol–water partition coefficient (Wildman–Crippen LogP) is 2.55. The van der Waals surface area contributed by atoms with E-state index in [1.165, 1.54) is 38.5 Å².